The van der Waals surface area contributed by atoms with E-state index in [9.17, 15) is 4.79 Å². The van der Waals surface area contributed by atoms with Crippen molar-refractivity contribution >= 4 is 22.7 Å². The number of fused-ring (bicyclic) bond motifs is 2. The summed E-state index contributed by atoms with van der Waals surface area (Å²) in [6, 6.07) is 5.46. The molecule has 0 spiro atoms. The predicted octanol–water partition coefficient (Wildman–Crippen LogP) is 0.931. The van der Waals surface area contributed by atoms with Crippen LogP contribution in [0.5, 0.6) is 0 Å². The number of carbonyl (C=O) groups excluding carboxylic acids is 1. The topological polar surface area (TPSA) is 101 Å². The zero-order valence-electron chi connectivity index (χ0n) is 11.4. The molecule has 8 nitrogen and oxygen atoms in total. The van der Waals surface area contributed by atoms with Gasteiger partial charge < -0.3 is 10.3 Å². The van der Waals surface area contributed by atoms with Gasteiger partial charge in [-0.15, -0.1) is 0 Å². The van der Waals surface area contributed by atoms with Crippen molar-refractivity contribution in [1.82, 2.24) is 34.9 Å². The Balaban J connectivity index is 1.54. The van der Waals surface area contributed by atoms with Crippen LogP contribution in [-0.2, 0) is 6.54 Å². The third-order valence-electron chi connectivity index (χ3n) is 3.25. The summed E-state index contributed by atoms with van der Waals surface area (Å²) in [7, 11) is 0. The van der Waals surface area contributed by atoms with Crippen LogP contribution in [0.15, 0.2) is 43.0 Å². The van der Waals surface area contributed by atoms with Crippen LogP contribution in [0.3, 0.4) is 0 Å². The number of H-pyrrole nitrogens is 1. The number of imidazole rings is 1. The first-order valence-electron chi connectivity index (χ1n) is 6.67. The first-order chi connectivity index (χ1) is 10.8. The minimum atomic E-state index is -0.248. The van der Waals surface area contributed by atoms with Crippen LogP contribution in [-0.4, -0.2) is 35.5 Å². The molecule has 22 heavy (non-hydrogen) atoms. The Morgan fingerprint density at radius 2 is 2.18 bits per heavy atom. The van der Waals surface area contributed by atoms with Crippen molar-refractivity contribution in [3.63, 3.8) is 0 Å². The maximum Gasteiger partial charge on any atom is 0.257 e. The van der Waals surface area contributed by atoms with E-state index >= 15 is 0 Å². The summed E-state index contributed by atoms with van der Waals surface area (Å²) >= 11 is 0. The quantitative estimate of drug-likeness (QED) is 0.585. The Bertz CT molecular complexity index is 938. The molecule has 1 amide bonds. The second kappa shape index (κ2) is 4.92. The average molecular weight is 293 g/mol. The monoisotopic (exact) mass is 293 g/mol. The summed E-state index contributed by atoms with van der Waals surface area (Å²) in [6.07, 6.45) is 6.54. The van der Waals surface area contributed by atoms with Crippen LogP contribution < -0.4 is 5.32 Å². The van der Waals surface area contributed by atoms with E-state index in [1.54, 1.807) is 29.2 Å². The number of hydrogen-bond donors (Lipinski definition) is 2. The number of nitrogens with zero attached hydrogens (tertiary/aromatic N) is 5. The third kappa shape index (κ3) is 2.06. The Labute approximate surface area is 124 Å². The van der Waals surface area contributed by atoms with Crippen LogP contribution >= 0.6 is 0 Å². The Morgan fingerprint density at radius 1 is 1.27 bits per heavy atom. The second-order valence-electron chi connectivity index (χ2n) is 4.69. The summed E-state index contributed by atoms with van der Waals surface area (Å²) in [5, 5.41) is 6.89. The lowest BCUT2D eigenvalue weighted by molar-refractivity contribution is 0.0951. The average Bonchev–Trinajstić information content (AvgIpc) is 3.16. The summed E-state index contributed by atoms with van der Waals surface area (Å²) in [5.74, 6) is 0.397. The number of amides is 1. The molecule has 0 aromatic carbocycles. The molecule has 4 aromatic rings. The normalized spacial score (nSPS) is 11.1. The van der Waals surface area contributed by atoms with Gasteiger partial charge in [-0.2, -0.15) is 5.10 Å². The molecule has 0 saturated carbocycles. The molecule has 0 unspecified atom stereocenters. The van der Waals surface area contributed by atoms with Crippen molar-refractivity contribution in [3.8, 4) is 0 Å². The zero-order chi connectivity index (χ0) is 14.9. The molecule has 4 heterocycles. The Kier molecular flexibility index (Phi) is 2.78. The highest BCUT2D eigenvalue weighted by Crippen LogP contribution is 2.09. The van der Waals surface area contributed by atoms with Gasteiger partial charge in [0.15, 0.2) is 11.3 Å². The van der Waals surface area contributed by atoms with Crippen LogP contribution in [0.2, 0.25) is 0 Å². The van der Waals surface area contributed by atoms with Gasteiger partial charge in [-0.25, -0.2) is 19.5 Å². The van der Waals surface area contributed by atoms with E-state index in [4.69, 9.17) is 0 Å². The highest BCUT2D eigenvalue weighted by molar-refractivity contribution is 5.99. The van der Waals surface area contributed by atoms with Crippen molar-refractivity contribution in [2.45, 2.75) is 6.54 Å². The summed E-state index contributed by atoms with van der Waals surface area (Å²) in [5.41, 5.74) is 2.41. The van der Waals surface area contributed by atoms with Crippen LogP contribution in [0.25, 0.3) is 16.8 Å². The fourth-order valence-electron chi connectivity index (χ4n) is 2.23. The summed E-state index contributed by atoms with van der Waals surface area (Å²) in [6.45, 7) is 0.277. The summed E-state index contributed by atoms with van der Waals surface area (Å²) in [4.78, 5) is 28.0. The van der Waals surface area contributed by atoms with Crippen molar-refractivity contribution in [1.29, 1.82) is 0 Å². The zero-order valence-corrected chi connectivity index (χ0v) is 11.4. The fourth-order valence-corrected chi connectivity index (χ4v) is 2.23. The van der Waals surface area contributed by atoms with Crippen LogP contribution in [0, 0.1) is 0 Å². The number of aromatic amines is 1. The van der Waals surface area contributed by atoms with Gasteiger partial charge in [-0.05, 0) is 18.2 Å². The maximum absolute atomic E-state index is 12.2. The van der Waals surface area contributed by atoms with Crippen molar-refractivity contribution < 1.29 is 4.79 Å². The number of aromatic nitrogens is 6. The SMILES string of the molecule is O=C(NCc1nc2ncccc2[nH]1)c1cnn2cccnc12. The first kappa shape index (κ1) is 12.5. The summed E-state index contributed by atoms with van der Waals surface area (Å²) < 4.78 is 1.56. The lowest BCUT2D eigenvalue weighted by Crippen LogP contribution is -2.23. The van der Waals surface area contributed by atoms with Gasteiger partial charge in [0.05, 0.1) is 18.3 Å². The van der Waals surface area contributed by atoms with E-state index in [0.717, 1.165) is 5.52 Å². The minimum Gasteiger partial charge on any atom is -0.345 e. The van der Waals surface area contributed by atoms with Gasteiger partial charge in [-0.3, -0.25) is 4.79 Å². The van der Waals surface area contributed by atoms with Gasteiger partial charge in [0.1, 0.15) is 11.4 Å². The molecule has 108 valence electrons. The number of rotatable bonds is 3. The molecule has 0 fully saturated rings. The molecule has 0 saturated heterocycles. The lowest BCUT2D eigenvalue weighted by Gasteiger charge is -2.01. The molecule has 0 radical (unpaired) electrons. The molecule has 0 aliphatic heterocycles. The largest absolute Gasteiger partial charge is 0.345 e. The highest BCUT2D eigenvalue weighted by Gasteiger charge is 2.13. The maximum atomic E-state index is 12.2. The molecule has 0 atom stereocenters. The standard InChI is InChI=1S/C14H11N7O/c22-14(9-7-18-21-6-2-5-16-13(9)21)17-8-11-19-10-3-1-4-15-12(10)20-11/h1-7H,8H2,(H,17,22)(H,15,19,20). The molecule has 4 rings (SSSR count). The molecular weight excluding hydrogens is 282 g/mol. The van der Waals surface area contributed by atoms with Gasteiger partial charge in [0.25, 0.3) is 5.91 Å². The van der Waals surface area contributed by atoms with E-state index < -0.39 is 0 Å². The van der Waals surface area contributed by atoms with Gasteiger partial charge in [0.2, 0.25) is 0 Å². The molecule has 8 heteroatoms. The molecular formula is C14H11N7O. The molecule has 0 bridgehead atoms. The van der Waals surface area contributed by atoms with Gasteiger partial charge in [-0.1, -0.05) is 0 Å². The predicted molar refractivity (Wildman–Crippen MR) is 78.0 cm³/mol. The first-order valence-corrected chi connectivity index (χ1v) is 6.67. The number of pyridine rings is 1. The van der Waals surface area contributed by atoms with E-state index in [-0.39, 0.29) is 12.5 Å². The Hall–Kier alpha value is -3.29. The van der Waals surface area contributed by atoms with E-state index in [0.29, 0.717) is 22.7 Å². The third-order valence-corrected chi connectivity index (χ3v) is 3.25. The number of carbonyl (C=O) groups is 1. The molecule has 0 aliphatic rings. The highest BCUT2D eigenvalue weighted by atomic mass is 16.1. The molecule has 2 N–H and O–H groups in total. The molecule has 0 aliphatic carbocycles. The van der Waals surface area contributed by atoms with Crippen molar-refractivity contribution in [3.05, 3.63) is 54.4 Å². The number of hydrogen-bond acceptors (Lipinski definition) is 5. The van der Waals surface area contributed by atoms with E-state index in [2.05, 4.69) is 30.4 Å². The minimum absolute atomic E-state index is 0.248. The fraction of sp³-hybridized carbons (Fsp3) is 0.0714. The number of nitrogens with one attached hydrogen (secondary N) is 2. The van der Waals surface area contributed by atoms with E-state index in [1.165, 1.54) is 6.20 Å². The smallest absolute Gasteiger partial charge is 0.257 e. The van der Waals surface area contributed by atoms with Gasteiger partial charge >= 0.3 is 0 Å². The molecule has 4 aromatic heterocycles. The lowest BCUT2D eigenvalue weighted by atomic mass is 10.3. The van der Waals surface area contributed by atoms with Crippen LogP contribution in [0.1, 0.15) is 16.2 Å². The second-order valence-corrected chi connectivity index (χ2v) is 4.69. The van der Waals surface area contributed by atoms with Crippen LogP contribution in [0.4, 0.5) is 0 Å². The van der Waals surface area contributed by atoms with E-state index in [1.807, 2.05) is 12.1 Å². The van der Waals surface area contributed by atoms with Gasteiger partial charge in [0, 0.05) is 18.6 Å². The van der Waals surface area contributed by atoms with Crippen molar-refractivity contribution in [2.24, 2.45) is 0 Å². The van der Waals surface area contributed by atoms with Crippen molar-refractivity contribution in [2.75, 3.05) is 0 Å². The Morgan fingerprint density at radius 3 is 3.09 bits per heavy atom.